The van der Waals surface area contributed by atoms with E-state index in [0.717, 1.165) is 29.1 Å². The van der Waals surface area contributed by atoms with Crippen LogP contribution < -0.4 is 0 Å². The standard InChI is InChI=1S/C65H45N3/c1-5-17-44(18-6-1)51-37-52(45-19-7-2-8-20-45)39-55(38-51)68-62-27-15-13-25-56(62)58-35-31-50(43-65(58)68)49-32-36-64-59(40-49)57-26-14-16-28-63(57)67(64)54-33-29-48(30-34-54)61-42-53(46-21-9-3-10-22-46)41-60(66-61)47-23-11-4-12-24-47/h1-40,42-43,60H,41H2. The van der Waals surface area contributed by atoms with Gasteiger partial charge in [0.2, 0.25) is 0 Å². The van der Waals surface area contributed by atoms with Crippen LogP contribution in [0.5, 0.6) is 0 Å². The summed E-state index contributed by atoms with van der Waals surface area (Å²) in [6.45, 7) is 0. The number of dihydropyridines is 1. The molecule has 68 heavy (non-hydrogen) atoms. The Hall–Kier alpha value is -8.79. The van der Waals surface area contributed by atoms with Gasteiger partial charge in [-0.15, -0.1) is 0 Å². The number of allylic oxidation sites excluding steroid dienone is 1. The molecule has 3 heteroatoms. The normalized spacial score (nSPS) is 13.9. The molecule has 0 bridgehead atoms. The molecule has 13 rings (SSSR count). The number of hydrogen-bond acceptors (Lipinski definition) is 1. The maximum Gasteiger partial charge on any atom is 0.0796 e. The summed E-state index contributed by atoms with van der Waals surface area (Å²) in [7, 11) is 0. The van der Waals surface area contributed by atoms with Crippen LogP contribution in [0, 0.1) is 0 Å². The highest BCUT2D eigenvalue weighted by atomic mass is 15.0. The Kier molecular flexibility index (Phi) is 9.64. The Balaban J connectivity index is 0.914. The van der Waals surface area contributed by atoms with Gasteiger partial charge in [0.15, 0.2) is 0 Å². The van der Waals surface area contributed by atoms with Crippen molar-refractivity contribution in [2.24, 2.45) is 4.99 Å². The fourth-order valence-electron chi connectivity index (χ4n) is 10.5. The first-order valence-electron chi connectivity index (χ1n) is 23.5. The van der Waals surface area contributed by atoms with Crippen molar-refractivity contribution >= 4 is 54.9 Å². The molecule has 1 unspecified atom stereocenters. The topological polar surface area (TPSA) is 22.2 Å². The van der Waals surface area contributed by atoms with Gasteiger partial charge in [0.25, 0.3) is 0 Å². The van der Waals surface area contributed by atoms with E-state index in [2.05, 4.69) is 264 Å². The van der Waals surface area contributed by atoms with Gasteiger partial charge in [0, 0.05) is 32.9 Å². The molecule has 0 spiro atoms. The first-order chi connectivity index (χ1) is 33.7. The Morgan fingerprint density at radius 2 is 0.794 bits per heavy atom. The van der Waals surface area contributed by atoms with Gasteiger partial charge in [-0.25, -0.2) is 0 Å². The molecule has 1 aliphatic rings. The van der Waals surface area contributed by atoms with E-state index in [1.807, 2.05) is 0 Å². The summed E-state index contributed by atoms with van der Waals surface area (Å²) in [5.74, 6) is 0. The average molecular weight is 868 g/mol. The zero-order valence-corrected chi connectivity index (χ0v) is 37.4. The van der Waals surface area contributed by atoms with Gasteiger partial charge >= 0.3 is 0 Å². The largest absolute Gasteiger partial charge is 0.309 e. The van der Waals surface area contributed by atoms with E-state index in [-0.39, 0.29) is 6.04 Å². The molecule has 0 aliphatic carbocycles. The minimum atomic E-state index is 0.0556. The molecular formula is C65H45N3. The van der Waals surface area contributed by atoms with E-state index in [9.17, 15) is 0 Å². The molecule has 0 N–H and O–H groups in total. The molecule has 3 nitrogen and oxygen atoms in total. The molecule has 12 aromatic rings. The van der Waals surface area contributed by atoms with E-state index in [1.54, 1.807) is 0 Å². The highest BCUT2D eigenvalue weighted by Gasteiger charge is 2.22. The molecule has 0 fully saturated rings. The number of aliphatic imine (C=N–C) groups is 1. The van der Waals surface area contributed by atoms with Crippen LogP contribution in [-0.4, -0.2) is 14.8 Å². The summed E-state index contributed by atoms with van der Waals surface area (Å²) in [6.07, 6.45) is 3.15. The number of para-hydroxylation sites is 2. The van der Waals surface area contributed by atoms with Crippen molar-refractivity contribution < 1.29 is 0 Å². The number of rotatable bonds is 8. The molecule has 2 aromatic heterocycles. The lowest BCUT2D eigenvalue weighted by atomic mass is 9.90. The van der Waals surface area contributed by atoms with Crippen molar-refractivity contribution in [2.75, 3.05) is 0 Å². The third kappa shape index (κ3) is 6.96. The summed E-state index contributed by atoms with van der Waals surface area (Å²) >= 11 is 0. The average Bonchev–Trinajstić information content (AvgIpc) is 3.94. The zero-order valence-electron chi connectivity index (χ0n) is 37.4. The summed E-state index contributed by atoms with van der Waals surface area (Å²) in [5.41, 5.74) is 20.0. The van der Waals surface area contributed by atoms with E-state index in [0.29, 0.717) is 0 Å². The van der Waals surface area contributed by atoms with Crippen LogP contribution in [0.25, 0.3) is 93.9 Å². The van der Waals surface area contributed by atoms with Crippen LogP contribution in [0.4, 0.5) is 0 Å². The van der Waals surface area contributed by atoms with Crippen LogP contribution in [0.3, 0.4) is 0 Å². The SMILES string of the molecule is C1=C(c2ccccc2)CC(c2ccccc2)N=C1c1ccc(-n2c3ccccc3c3cc(-c4ccc5c6ccccc6n(-c6cc(-c7ccccc7)cc(-c7ccccc7)c6)c5c4)ccc32)cc1. The highest BCUT2D eigenvalue weighted by Crippen LogP contribution is 2.41. The summed E-state index contributed by atoms with van der Waals surface area (Å²) in [6, 6.07) is 90.5. The minimum absolute atomic E-state index is 0.0556. The first-order valence-corrected chi connectivity index (χ1v) is 23.5. The predicted octanol–water partition coefficient (Wildman–Crippen LogP) is 16.9. The van der Waals surface area contributed by atoms with Gasteiger partial charge in [-0.1, -0.05) is 188 Å². The lowest BCUT2D eigenvalue weighted by molar-refractivity contribution is 0.748. The van der Waals surface area contributed by atoms with Crippen molar-refractivity contribution in [3.63, 3.8) is 0 Å². The third-order valence-electron chi connectivity index (χ3n) is 13.8. The van der Waals surface area contributed by atoms with Gasteiger partial charge < -0.3 is 9.13 Å². The fourth-order valence-corrected chi connectivity index (χ4v) is 10.5. The molecular weight excluding hydrogens is 823 g/mol. The maximum absolute atomic E-state index is 5.35. The van der Waals surface area contributed by atoms with Crippen LogP contribution in [0.15, 0.2) is 260 Å². The third-order valence-corrected chi connectivity index (χ3v) is 13.8. The summed E-state index contributed by atoms with van der Waals surface area (Å²) in [4.78, 5) is 5.35. The summed E-state index contributed by atoms with van der Waals surface area (Å²) in [5, 5.41) is 4.93. The number of benzene rings is 10. The molecule has 1 aliphatic heterocycles. The van der Waals surface area contributed by atoms with E-state index >= 15 is 0 Å². The molecule has 1 atom stereocenters. The van der Waals surface area contributed by atoms with E-state index in [1.165, 1.54) is 93.7 Å². The quantitative estimate of drug-likeness (QED) is 0.145. The monoisotopic (exact) mass is 867 g/mol. The van der Waals surface area contributed by atoms with Crippen LogP contribution in [-0.2, 0) is 0 Å². The van der Waals surface area contributed by atoms with Gasteiger partial charge in [-0.05, 0) is 129 Å². The second kappa shape index (κ2) is 16.6. The van der Waals surface area contributed by atoms with Gasteiger partial charge in [-0.2, -0.15) is 0 Å². The minimum Gasteiger partial charge on any atom is -0.309 e. The maximum atomic E-state index is 5.35. The second-order valence-electron chi connectivity index (χ2n) is 17.9. The Morgan fingerprint density at radius 1 is 0.309 bits per heavy atom. The van der Waals surface area contributed by atoms with Crippen molar-refractivity contribution in [1.82, 2.24) is 9.13 Å². The second-order valence-corrected chi connectivity index (χ2v) is 17.9. The lowest BCUT2D eigenvalue weighted by Crippen LogP contribution is -2.10. The zero-order chi connectivity index (χ0) is 45.0. The lowest BCUT2D eigenvalue weighted by Gasteiger charge is -2.22. The Labute approximate surface area is 395 Å². The van der Waals surface area contributed by atoms with Crippen molar-refractivity contribution in [1.29, 1.82) is 0 Å². The van der Waals surface area contributed by atoms with Gasteiger partial charge in [0.05, 0.1) is 33.8 Å². The molecule has 0 saturated carbocycles. The van der Waals surface area contributed by atoms with Crippen LogP contribution >= 0.6 is 0 Å². The van der Waals surface area contributed by atoms with E-state index < -0.39 is 0 Å². The Bertz CT molecular complexity index is 3840. The number of fused-ring (bicyclic) bond motifs is 6. The van der Waals surface area contributed by atoms with Crippen LogP contribution in [0.1, 0.15) is 29.2 Å². The molecule has 3 heterocycles. The molecule has 10 aromatic carbocycles. The molecule has 320 valence electrons. The molecule has 0 saturated heterocycles. The Morgan fingerprint density at radius 3 is 1.44 bits per heavy atom. The smallest absolute Gasteiger partial charge is 0.0796 e. The first kappa shape index (κ1) is 39.6. The predicted molar refractivity (Wildman–Crippen MR) is 286 cm³/mol. The van der Waals surface area contributed by atoms with Crippen molar-refractivity contribution in [2.45, 2.75) is 12.5 Å². The van der Waals surface area contributed by atoms with Crippen molar-refractivity contribution in [3.05, 3.63) is 271 Å². The summed E-state index contributed by atoms with van der Waals surface area (Å²) < 4.78 is 4.87. The van der Waals surface area contributed by atoms with Gasteiger partial charge in [-0.3, -0.25) is 4.99 Å². The van der Waals surface area contributed by atoms with Crippen molar-refractivity contribution in [3.8, 4) is 44.8 Å². The molecule has 0 amide bonds. The van der Waals surface area contributed by atoms with Crippen LogP contribution in [0.2, 0.25) is 0 Å². The number of nitrogens with zero attached hydrogens (tertiary/aromatic N) is 3. The molecule has 0 radical (unpaired) electrons. The van der Waals surface area contributed by atoms with E-state index in [4.69, 9.17) is 4.99 Å². The highest BCUT2D eigenvalue weighted by molar-refractivity contribution is 6.14. The number of aromatic nitrogens is 2. The number of hydrogen-bond donors (Lipinski definition) is 0. The van der Waals surface area contributed by atoms with Gasteiger partial charge in [0.1, 0.15) is 0 Å². The fraction of sp³-hybridized carbons (Fsp3) is 0.0308.